The van der Waals surface area contributed by atoms with Crippen molar-refractivity contribution in [3.05, 3.63) is 99.0 Å². The Hall–Kier alpha value is -3.57. The van der Waals surface area contributed by atoms with Gasteiger partial charge in [-0.25, -0.2) is 14.2 Å². The molecule has 0 aliphatic carbocycles. The summed E-state index contributed by atoms with van der Waals surface area (Å²) in [6.45, 7) is 0.276. The first kappa shape index (κ1) is 21.1. The van der Waals surface area contributed by atoms with Crippen LogP contribution in [0, 0.1) is 23.0 Å². The van der Waals surface area contributed by atoms with Crippen molar-refractivity contribution < 1.29 is 18.3 Å². The molecule has 0 radical (unpaired) electrons. The molecule has 5 nitrogen and oxygen atoms in total. The summed E-state index contributed by atoms with van der Waals surface area (Å²) in [6.07, 6.45) is 1.40. The molecule has 3 rings (SSSR count). The number of nitriles is 1. The van der Waals surface area contributed by atoms with Gasteiger partial charge in [-0.1, -0.05) is 12.1 Å². The van der Waals surface area contributed by atoms with Crippen molar-refractivity contribution in [2.24, 2.45) is 5.10 Å². The van der Waals surface area contributed by atoms with Gasteiger partial charge in [0, 0.05) is 0 Å². The molecule has 150 valence electrons. The zero-order valence-corrected chi connectivity index (χ0v) is 17.0. The highest BCUT2D eigenvalue weighted by Crippen LogP contribution is 2.26. The number of ether oxygens (including phenoxy) is 1. The molecule has 0 fully saturated rings. The van der Waals surface area contributed by atoms with Crippen LogP contribution in [0.2, 0.25) is 0 Å². The molecule has 0 atom stereocenters. The third-order valence-corrected chi connectivity index (χ3v) is 4.61. The molecular formula is C22H14BrF2N3O2. The Labute approximate surface area is 179 Å². The number of hydrazone groups is 1. The van der Waals surface area contributed by atoms with Gasteiger partial charge in [0.1, 0.15) is 24.0 Å². The first-order valence-corrected chi connectivity index (χ1v) is 9.45. The van der Waals surface area contributed by atoms with Crippen LogP contribution in [0.5, 0.6) is 5.75 Å². The van der Waals surface area contributed by atoms with Gasteiger partial charge in [-0.05, 0) is 75.6 Å². The van der Waals surface area contributed by atoms with E-state index in [4.69, 9.17) is 10.00 Å². The Morgan fingerprint density at radius 3 is 2.57 bits per heavy atom. The van der Waals surface area contributed by atoms with Crippen LogP contribution in [0.15, 0.2) is 70.2 Å². The molecule has 0 spiro atoms. The van der Waals surface area contributed by atoms with E-state index in [1.54, 1.807) is 36.4 Å². The number of nitrogens with zero attached hydrogens (tertiary/aromatic N) is 2. The van der Waals surface area contributed by atoms with Gasteiger partial charge in [-0.2, -0.15) is 10.4 Å². The summed E-state index contributed by atoms with van der Waals surface area (Å²) in [5.41, 5.74) is 3.64. The van der Waals surface area contributed by atoms with E-state index >= 15 is 0 Å². The van der Waals surface area contributed by atoms with E-state index in [0.717, 1.165) is 11.6 Å². The molecule has 0 unspecified atom stereocenters. The fraction of sp³-hybridized carbons (Fsp3) is 0.0455. The van der Waals surface area contributed by atoms with E-state index in [1.807, 2.05) is 0 Å². The van der Waals surface area contributed by atoms with Crippen molar-refractivity contribution >= 4 is 28.1 Å². The van der Waals surface area contributed by atoms with Crippen LogP contribution < -0.4 is 10.2 Å². The zero-order valence-electron chi connectivity index (χ0n) is 15.4. The van der Waals surface area contributed by atoms with Crippen LogP contribution in [-0.4, -0.2) is 12.1 Å². The number of carbonyl (C=O) groups excluding carboxylic acids is 1. The minimum atomic E-state index is -0.799. The summed E-state index contributed by atoms with van der Waals surface area (Å²) in [6, 6.07) is 16.6. The lowest BCUT2D eigenvalue weighted by molar-refractivity contribution is 0.0951. The highest BCUT2D eigenvalue weighted by molar-refractivity contribution is 9.10. The van der Waals surface area contributed by atoms with Gasteiger partial charge in [0.15, 0.2) is 0 Å². The van der Waals surface area contributed by atoms with Gasteiger partial charge in [0.05, 0.1) is 27.9 Å². The second kappa shape index (κ2) is 9.76. The lowest BCUT2D eigenvalue weighted by atomic mass is 10.1. The highest BCUT2D eigenvalue weighted by Gasteiger charge is 2.11. The number of nitrogens with one attached hydrogen (secondary N) is 1. The average molecular weight is 470 g/mol. The summed E-state index contributed by atoms with van der Waals surface area (Å²) in [5, 5.41) is 12.6. The Morgan fingerprint density at radius 1 is 1.13 bits per heavy atom. The molecule has 3 aromatic carbocycles. The molecular weight excluding hydrogens is 456 g/mol. The highest BCUT2D eigenvalue weighted by atomic mass is 79.9. The van der Waals surface area contributed by atoms with Crippen LogP contribution in [0.3, 0.4) is 0 Å². The molecule has 0 heterocycles. The standard InChI is InChI=1S/C22H14BrF2N3O2/c23-19-9-16(4-8-21(19)30-13-14-1-5-17(24)6-2-14)12-27-28-22(29)18-7-3-15(11-26)10-20(18)25/h1-10,12H,13H2,(H,28,29)/b27-12-. The molecule has 8 heteroatoms. The number of halogens is 3. The summed E-state index contributed by atoms with van der Waals surface area (Å²) < 4.78 is 33.2. The molecule has 0 aliphatic rings. The predicted molar refractivity (Wildman–Crippen MR) is 111 cm³/mol. The molecule has 1 amide bonds. The van der Waals surface area contributed by atoms with Gasteiger partial charge < -0.3 is 4.74 Å². The molecule has 30 heavy (non-hydrogen) atoms. The maximum Gasteiger partial charge on any atom is 0.274 e. The van der Waals surface area contributed by atoms with Crippen LogP contribution >= 0.6 is 15.9 Å². The van der Waals surface area contributed by atoms with Crippen LogP contribution in [0.1, 0.15) is 27.0 Å². The van der Waals surface area contributed by atoms with Crippen molar-refractivity contribution in [1.82, 2.24) is 5.43 Å². The molecule has 0 bridgehead atoms. The number of rotatable bonds is 6. The van der Waals surface area contributed by atoms with Crippen molar-refractivity contribution in [2.75, 3.05) is 0 Å². The van der Waals surface area contributed by atoms with E-state index in [2.05, 4.69) is 26.5 Å². The van der Waals surface area contributed by atoms with Gasteiger partial charge in [-0.15, -0.1) is 0 Å². The summed E-state index contributed by atoms with van der Waals surface area (Å²) in [5.74, 6) is -1.25. The molecule has 0 aromatic heterocycles. The fourth-order valence-electron chi connectivity index (χ4n) is 2.45. The fourth-order valence-corrected chi connectivity index (χ4v) is 2.96. The van der Waals surface area contributed by atoms with Crippen LogP contribution in [0.25, 0.3) is 0 Å². The van der Waals surface area contributed by atoms with E-state index in [-0.39, 0.29) is 23.6 Å². The molecule has 3 aromatic rings. The summed E-state index contributed by atoms with van der Waals surface area (Å²) in [7, 11) is 0. The second-order valence-electron chi connectivity index (χ2n) is 6.11. The Morgan fingerprint density at radius 2 is 1.90 bits per heavy atom. The first-order chi connectivity index (χ1) is 14.5. The van der Waals surface area contributed by atoms with Gasteiger partial charge in [0.2, 0.25) is 0 Å². The lowest BCUT2D eigenvalue weighted by Crippen LogP contribution is -2.19. The van der Waals surface area contributed by atoms with E-state index in [1.165, 1.54) is 30.5 Å². The summed E-state index contributed by atoms with van der Waals surface area (Å²) >= 11 is 3.40. The Balaban J connectivity index is 1.59. The predicted octanol–water partition coefficient (Wildman–Crippen LogP) is 4.94. The number of carbonyl (C=O) groups is 1. The molecule has 0 saturated heterocycles. The van der Waals surface area contributed by atoms with E-state index < -0.39 is 11.7 Å². The average Bonchev–Trinajstić information content (AvgIpc) is 2.74. The Bertz CT molecular complexity index is 1140. The van der Waals surface area contributed by atoms with Crippen LogP contribution in [0.4, 0.5) is 8.78 Å². The van der Waals surface area contributed by atoms with Crippen molar-refractivity contribution in [3.63, 3.8) is 0 Å². The van der Waals surface area contributed by atoms with E-state index in [0.29, 0.717) is 15.8 Å². The van der Waals surface area contributed by atoms with Gasteiger partial charge >= 0.3 is 0 Å². The molecule has 0 saturated carbocycles. The number of hydrogen-bond acceptors (Lipinski definition) is 4. The van der Waals surface area contributed by atoms with Crippen molar-refractivity contribution in [1.29, 1.82) is 5.26 Å². The molecule has 0 aliphatic heterocycles. The normalized spacial score (nSPS) is 10.6. The van der Waals surface area contributed by atoms with Gasteiger partial charge in [-0.3, -0.25) is 4.79 Å². The lowest BCUT2D eigenvalue weighted by Gasteiger charge is -2.09. The maximum absolute atomic E-state index is 13.8. The number of benzene rings is 3. The first-order valence-electron chi connectivity index (χ1n) is 8.66. The number of amides is 1. The quantitative estimate of drug-likeness (QED) is 0.410. The SMILES string of the molecule is N#Cc1ccc(C(=O)N/N=C\c2ccc(OCc3ccc(F)cc3)c(Br)c2)c(F)c1. The minimum Gasteiger partial charge on any atom is -0.488 e. The van der Waals surface area contributed by atoms with E-state index in [9.17, 15) is 13.6 Å². The maximum atomic E-state index is 13.8. The third-order valence-electron chi connectivity index (χ3n) is 3.99. The van der Waals surface area contributed by atoms with Crippen molar-refractivity contribution in [3.8, 4) is 11.8 Å². The zero-order chi connectivity index (χ0) is 21.5. The van der Waals surface area contributed by atoms with Gasteiger partial charge in [0.25, 0.3) is 5.91 Å². The third kappa shape index (κ3) is 5.49. The largest absolute Gasteiger partial charge is 0.488 e. The Kier molecular flexibility index (Phi) is 6.88. The second-order valence-corrected chi connectivity index (χ2v) is 6.96. The monoisotopic (exact) mass is 469 g/mol. The molecule has 1 N–H and O–H groups in total. The number of hydrogen-bond donors (Lipinski definition) is 1. The van der Waals surface area contributed by atoms with Crippen LogP contribution in [-0.2, 0) is 6.61 Å². The summed E-state index contributed by atoms with van der Waals surface area (Å²) in [4.78, 5) is 12.0. The topological polar surface area (TPSA) is 74.5 Å². The minimum absolute atomic E-state index is 0.124. The smallest absolute Gasteiger partial charge is 0.274 e. The van der Waals surface area contributed by atoms with Crippen molar-refractivity contribution in [2.45, 2.75) is 6.61 Å².